The van der Waals surface area contributed by atoms with Crippen molar-refractivity contribution in [3.05, 3.63) is 24.3 Å². The van der Waals surface area contributed by atoms with Gasteiger partial charge in [0.25, 0.3) is 0 Å². The molecule has 21 heavy (non-hydrogen) atoms. The number of amides is 1. The predicted octanol–water partition coefficient (Wildman–Crippen LogP) is 1.83. The van der Waals surface area contributed by atoms with Gasteiger partial charge in [0.1, 0.15) is 5.84 Å². The Labute approximate surface area is 129 Å². The largest absolute Gasteiger partial charge is 0.308 e. The maximum Gasteiger partial charge on any atom is 0.242 e. The van der Waals surface area contributed by atoms with Gasteiger partial charge >= 0.3 is 0 Å². The lowest BCUT2D eigenvalue weighted by molar-refractivity contribution is -0.143. The van der Waals surface area contributed by atoms with Crippen LogP contribution < -0.4 is 0 Å². The Kier molecular flexibility index (Phi) is 3.91. The number of carbonyl (C=O) groups excluding carboxylic acids is 1. The summed E-state index contributed by atoms with van der Waals surface area (Å²) in [5.74, 6) is 1.16. The molecule has 0 saturated carbocycles. The fourth-order valence-corrected chi connectivity index (χ4v) is 3.82. The van der Waals surface area contributed by atoms with Gasteiger partial charge in [-0.2, -0.15) is 0 Å². The molecule has 1 atom stereocenters. The van der Waals surface area contributed by atoms with E-state index in [1.54, 1.807) is 11.8 Å². The van der Waals surface area contributed by atoms with Crippen LogP contribution in [0.25, 0.3) is 0 Å². The van der Waals surface area contributed by atoms with Crippen molar-refractivity contribution >= 4 is 29.2 Å². The third-order valence-electron chi connectivity index (χ3n) is 3.76. The lowest BCUT2D eigenvalue weighted by atomic mass is 10.2. The minimum atomic E-state index is 0.132. The first kappa shape index (κ1) is 14.4. The summed E-state index contributed by atoms with van der Waals surface area (Å²) in [7, 11) is 5.97. The van der Waals surface area contributed by atoms with Gasteiger partial charge in [0.15, 0.2) is 0 Å². The van der Waals surface area contributed by atoms with Gasteiger partial charge in [-0.05, 0) is 26.2 Å². The second-order valence-electron chi connectivity index (χ2n) is 5.59. The molecule has 0 unspecified atom stereocenters. The summed E-state index contributed by atoms with van der Waals surface area (Å²) in [5.41, 5.74) is 1.00. The fourth-order valence-electron chi connectivity index (χ4n) is 2.59. The summed E-state index contributed by atoms with van der Waals surface area (Å²) in [6.07, 6.45) is 0.523. The molecule has 2 aliphatic rings. The van der Waals surface area contributed by atoms with Gasteiger partial charge in [0.2, 0.25) is 5.91 Å². The standard InChI is InChI=1S/C15H20N4OS/c1-17(2)8-9-19-14(20)10-13-15(18(19)3)16-11-6-4-5-7-12(11)21-13/h4-7,13H,8-10H2,1-3H3/t13-/m1/s1. The van der Waals surface area contributed by atoms with Crippen LogP contribution in [0.15, 0.2) is 34.2 Å². The Bertz CT molecular complexity index is 587. The molecule has 3 rings (SSSR count). The number of benzene rings is 1. The molecule has 2 heterocycles. The smallest absolute Gasteiger partial charge is 0.242 e. The number of carbonyl (C=O) groups is 1. The molecule has 0 aliphatic carbocycles. The van der Waals surface area contributed by atoms with E-state index < -0.39 is 0 Å². The zero-order valence-corrected chi connectivity index (χ0v) is 13.4. The summed E-state index contributed by atoms with van der Waals surface area (Å²) in [6, 6.07) is 8.12. The number of para-hydroxylation sites is 1. The van der Waals surface area contributed by atoms with Crippen molar-refractivity contribution in [2.45, 2.75) is 16.6 Å². The second kappa shape index (κ2) is 5.69. The molecule has 112 valence electrons. The summed E-state index contributed by atoms with van der Waals surface area (Å²) >= 11 is 1.74. The van der Waals surface area contributed by atoms with Gasteiger partial charge < -0.3 is 4.90 Å². The van der Waals surface area contributed by atoms with Crippen molar-refractivity contribution < 1.29 is 4.79 Å². The highest BCUT2D eigenvalue weighted by molar-refractivity contribution is 8.01. The number of nitrogens with zero attached hydrogens (tertiary/aromatic N) is 4. The van der Waals surface area contributed by atoms with Gasteiger partial charge in [-0.3, -0.25) is 14.8 Å². The first-order chi connectivity index (χ1) is 10.1. The molecule has 2 aliphatic heterocycles. The van der Waals surface area contributed by atoms with Crippen LogP contribution in [-0.2, 0) is 4.79 Å². The van der Waals surface area contributed by atoms with Crippen molar-refractivity contribution in [3.63, 3.8) is 0 Å². The molecule has 0 spiro atoms. The number of aliphatic imine (C=N–C) groups is 1. The molecule has 1 fully saturated rings. The quantitative estimate of drug-likeness (QED) is 0.854. The lowest BCUT2D eigenvalue weighted by Crippen LogP contribution is -2.57. The first-order valence-corrected chi connectivity index (χ1v) is 7.97. The topological polar surface area (TPSA) is 39.1 Å². The molecule has 1 aromatic carbocycles. The molecule has 0 N–H and O–H groups in total. The van der Waals surface area contributed by atoms with Crippen molar-refractivity contribution in [3.8, 4) is 0 Å². The average molecular weight is 304 g/mol. The highest BCUT2D eigenvalue weighted by Crippen LogP contribution is 2.41. The monoisotopic (exact) mass is 304 g/mol. The molecule has 0 radical (unpaired) electrons. The first-order valence-electron chi connectivity index (χ1n) is 7.09. The maximum absolute atomic E-state index is 12.4. The van der Waals surface area contributed by atoms with Crippen LogP contribution in [0.4, 0.5) is 5.69 Å². The lowest BCUT2D eigenvalue weighted by Gasteiger charge is -2.43. The zero-order valence-electron chi connectivity index (χ0n) is 12.6. The van der Waals surface area contributed by atoms with Gasteiger partial charge in [-0.25, -0.2) is 4.99 Å². The number of amidine groups is 1. The Balaban J connectivity index is 1.86. The number of hydrazine groups is 1. The van der Waals surface area contributed by atoms with E-state index in [-0.39, 0.29) is 11.2 Å². The molecule has 6 heteroatoms. The summed E-state index contributed by atoms with van der Waals surface area (Å²) in [5, 5.41) is 3.88. The van der Waals surface area contributed by atoms with E-state index in [1.165, 1.54) is 0 Å². The molecule has 5 nitrogen and oxygen atoms in total. The minimum absolute atomic E-state index is 0.132. The van der Waals surface area contributed by atoms with E-state index in [1.807, 2.05) is 49.4 Å². The number of rotatable bonds is 3. The van der Waals surface area contributed by atoms with Crippen LogP contribution >= 0.6 is 11.8 Å². The van der Waals surface area contributed by atoms with Gasteiger partial charge in [-0.1, -0.05) is 12.1 Å². The number of likely N-dealkylation sites (N-methyl/N-ethyl adjacent to an activating group) is 1. The molecule has 0 bridgehead atoms. The fraction of sp³-hybridized carbons (Fsp3) is 0.467. The third kappa shape index (κ3) is 2.78. The van der Waals surface area contributed by atoms with Crippen LogP contribution in [0.3, 0.4) is 0 Å². The Morgan fingerprint density at radius 2 is 2.14 bits per heavy atom. The molecular formula is C15H20N4OS. The van der Waals surface area contributed by atoms with E-state index in [0.717, 1.165) is 23.0 Å². The van der Waals surface area contributed by atoms with Crippen LogP contribution in [0.1, 0.15) is 6.42 Å². The number of hydrogen-bond acceptors (Lipinski definition) is 5. The number of fused-ring (bicyclic) bond motifs is 2. The highest BCUT2D eigenvalue weighted by atomic mass is 32.2. The zero-order chi connectivity index (χ0) is 15.0. The van der Waals surface area contributed by atoms with Crippen LogP contribution in [0, 0.1) is 0 Å². The van der Waals surface area contributed by atoms with E-state index in [2.05, 4.69) is 11.0 Å². The highest BCUT2D eigenvalue weighted by Gasteiger charge is 2.37. The molecule has 1 amide bonds. The van der Waals surface area contributed by atoms with Crippen molar-refractivity contribution in [2.24, 2.45) is 4.99 Å². The van der Waals surface area contributed by atoms with Gasteiger partial charge in [0, 0.05) is 24.9 Å². The Morgan fingerprint density at radius 3 is 2.90 bits per heavy atom. The number of thioether (sulfide) groups is 1. The van der Waals surface area contributed by atoms with Crippen LogP contribution in [-0.4, -0.2) is 66.1 Å². The molecular weight excluding hydrogens is 284 g/mol. The van der Waals surface area contributed by atoms with Crippen molar-refractivity contribution in [2.75, 3.05) is 34.2 Å². The molecule has 0 aromatic heterocycles. The number of hydrogen-bond donors (Lipinski definition) is 0. The molecule has 1 saturated heterocycles. The van der Waals surface area contributed by atoms with Gasteiger partial charge in [-0.15, -0.1) is 11.8 Å². The van der Waals surface area contributed by atoms with Gasteiger partial charge in [0.05, 0.1) is 17.5 Å². The summed E-state index contributed by atoms with van der Waals surface area (Å²) < 4.78 is 0. The van der Waals surface area contributed by atoms with Crippen molar-refractivity contribution in [1.82, 2.24) is 14.9 Å². The Morgan fingerprint density at radius 1 is 1.38 bits per heavy atom. The van der Waals surface area contributed by atoms with Crippen LogP contribution in [0.5, 0.6) is 0 Å². The van der Waals surface area contributed by atoms with E-state index in [0.29, 0.717) is 13.0 Å². The van der Waals surface area contributed by atoms with Crippen molar-refractivity contribution in [1.29, 1.82) is 0 Å². The predicted molar refractivity (Wildman–Crippen MR) is 85.8 cm³/mol. The molecule has 1 aromatic rings. The normalized spacial score (nSPS) is 21.2. The summed E-state index contributed by atoms with van der Waals surface area (Å²) in [6.45, 7) is 1.54. The maximum atomic E-state index is 12.4. The van der Waals surface area contributed by atoms with Crippen LogP contribution in [0.2, 0.25) is 0 Å². The van der Waals surface area contributed by atoms with E-state index in [4.69, 9.17) is 4.99 Å². The minimum Gasteiger partial charge on any atom is -0.308 e. The van der Waals surface area contributed by atoms with E-state index in [9.17, 15) is 4.79 Å². The summed E-state index contributed by atoms with van der Waals surface area (Å²) in [4.78, 5) is 20.4. The van der Waals surface area contributed by atoms with E-state index >= 15 is 0 Å². The Hall–Kier alpha value is -1.53. The SMILES string of the molecule is CN(C)CCN1C(=O)C[C@H]2Sc3ccccc3N=C2N1C. The third-order valence-corrected chi connectivity index (χ3v) is 5.02. The average Bonchev–Trinajstić information content (AvgIpc) is 2.45. The second-order valence-corrected chi connectivity index (χ2v) is 6.84.